The molecule has 0 bridgehead atoms. The number of carbonyl (C=O) groups is 1. The number of rotatable bonds is 7. The van der Waals surface area contributed by atoms with Gasteiger partial charge in [0.1, 0.15) is 12.4 Å². The van der Waals surface area contributed by atoms with E-state index in [2.05, 4.69) is 10.1 Å². The third-order valence-electron chi connectivity index (χ3n) is 5.44. The van der Waals surface area contributed by atoms with Crippen molar-refractivity contribution in [2.75, 3.05) is 25.2 Å². The van der Waals surface area contributed by atoms with E-state index in [4.69, 9.17) is 0 Å². The summed E-state index contributed by atoms with van der Waals surface area (Å²) < 4.78 is 30.9. The number of amidine groups is 1. The molecule has 1 amide bonds. The maximum atomic E-state index is 15.1. The zero-order chi connectivity index (χ0) is 25.2. The number of aliphatic hydroxyl groups excluding tert-OH is 1. The smallest absolute Gasteiger partial charge is 0.264 e. The summed E-state index contributed by atoms with van der Waals surface area (Å²) >= 11 is 0. The summed E-state index contributed by atoms with van der Waals surface area (Å²) in [6, 6.07) is 5.49. The summed E-state index contributed by atoms with van der Waals surface area (Å²) in [6.07, 6.45) is 2.03. The first-order valence-electron chi connectivity index (χ1n) is 10.8. The predicted octanol–water partition coefficient (Wildman–Crippen LogP) is 3.32. The number of hydrazone groups is 1. The number of halogens is 2. The molecule has 8 nitrogen and oxygen atoms in total. The van der Waals surface area contributed by atoms with E-state index in [1.165, 1.54) is 28.8 Å². The van der Waals surface area contributed by atoms with Crippen LogP contribution in [-0.2, 0) is 4.79 Å². The molecule has 3 rings (SSSR count). The van der Waals surface area contributed by atoms with Crippen LogP contribution in [0.25, 0.3) is 16.6 Å². The molecule has 0 saturated carbocycles. The van der Waals surface area contributed by atoms with Crippen molar-refractivity contribution in [2.45, 2.75) is 33.6 Å². The van der Waals surface area contributed by atoms with Crippen molar-refractivity contribution in [1.82, 2.24) is 14.5 Å². The molecule has 1 N–H and O–H groups in total. The first-order valence-corrected chi connectivity index (χ1v) is 10.8. The minimum Gasteiger partial charge on any atom is -0.388 e. The molecule has 0 radical (unpaired) electrons. The highest BCUT2D eigenvalue weighted by Gasteiger charge is 2.21. The molecule has 3 aromatic rings. The van der Waals surface area contributed by atoms with Gasteiger partial charge in [-0.3, -0.25) is 19.1 Å². The molecule has 10 heteroatoms. The number of aliphatic hydroxyl groups is 1. The number of likely N-dealkylation sites (N-methyl/N-ethyl adjacent to an activating group) is 1. The number of amides is 1. The Kier molecular flexibility index (Phi) is 7.41. The Morgan fingerprint density at radius 1 is 1.26 bits per heavy atom. The van der Waals surface area contributed by atoms with Gasteiger partial charge in [0.05, 0.1) is 16.6 Å². The van der Waals surface area contributed by atoms with Gasteiger partial charge < -0.3 is 5.11 Å². The number of pyridine rings is 2. The number of aromatic nitrogens is 2. The lowest BCUT2D eigenvalue weighted by molar-refractivity contribution is -0.114. The molecule has 2 heterocycles. The predicted molar refractivity (Wildman–Crippen MR) is 127 cm³/mol. The van der Waals surface area contributed by atoms with E-state index in [1.807, 2.05) is 13.8 Å². The molecule has 0 aliphatic carbocycles. The van der Waals surface area contributed by atoms with Crippen LogP contribution in [0.4, 0.5) is 14.6 Å². The highest BCUT2D eigenvalue weighted by atomic mass is 19.1. The number of benzene rings is 1. The number of nitrogens with zero attached hydrogens (tertiary/aromatic N) is 5. The normalized spacial score (nSPS) is 11.9. The highest BCUT2D eigenvalue weighted by Crippen LogP contribution is 2.28. The van der Waals surface area contributed by atoms with E-state index >= 15 is 4.39 Å². The largest absolute Gasteiger partial charge is 0.388 e. The Balaban J connectivity index is 2.26. The van der Waals surface area contributed by atoms with Crippen LogP contribution in [0, 0.1) is 18.6 Å². The van der Waals surface area contributed by atoms with Crippen LogP contribution >= 0.6 is 0 Å². The van der Waals surface area contributed by atoms with E-state index in [0.29, 0.717) is 12.0 Å². The van der Waals surface area contributed by atoms with Crippen molar-refractivity contribution >= 4 is 29.0 Å². The van der Waals surface area contributed by atoms with Crippen LogP contribution < -0.4 is 10.6 Å². The van der Waals surface area contributed by atoms with E-state index in [9.17, 15) is 19.1 Å². The summed E-state index contributed by atoms with van der Waals surface area (Å²) in [7, 11) is 1.42. The molecular formula is C24H27F2N5O3. The summed E-state index contributed by atoms with van der Waals surface area (Å²) in [4.78, 5) is 30.0. The average Bonchev–Trinajstić information content (AvgIpc) is 2.80. The second-order valence-electron chi connectivity index (χ2n) is 8.15. The number of hydrogen-bond donors (Lipinski definition) is 1. The van der Waals surface area contributed by atoms with E-state index < -0.39 is 23.8 Å². The van der Waals surface area contributed by atoms with Gasteiger partial charge in [0.15, 0.2) is 17.5 Å². The SMILES string of the molecule is CCN(C=O)/C(CO)=N\N(C)c1nc2c(C(C)C)cn(-c3cc(C)ccc3F)c(=O)c2cc1F. The second kappa shape index (κ2) is 10.1. The van der Waals surface area contributed by atoms with Gasteiger partial charge in [-0.25, -0.2) is 18.8 Å². The van der Waals surface area contributed by atoms with Crippen LogP contribution in [0.2, 0.25) is 0 Å². The van der Waals surface area contributed by atoms with Gasteiger partial charge in [-0.1, -0.05) is 19.9 Å². The lowest BCUT2D eigenvalue weighted by Gasteiger charge is -2.21. The van der Waals surface area contributed by atoms with Gasteiger partial charge in [0.2, 0.25) is 6.41 Å². The van der Waals surface area contributed by atoms with Crippen LogP contribution in [0.1, 0.15) is 37.8 Å². The Bertz CT molecular complexity index is 1320. The lowest BCUT2D eigenvalue weighted by atomic mass is 10.0. The zero-order valence-electron chi connectivity index (χ0n) is 19.7. The molecular weight excluding hydrogens is 444 g/mol. The number of hydrogen-bond acceptors (Lipinski definition) is 6. The highest BCUT2D eigenvalue weighted by molar-refractivity contribution is 5.92. The van der Waals surface area contributed by atoms with Gasteiger partial charge in [0, 0.05) is 19.8 Å². The van der Waals surface area contributed by atoms with Crippen molar-refractivity contribution in [3.63, 3.8) is 0 Å². The first kappa shape index (κ1) is 25.0. The summed E-state index contributed by atoms with van der Waals surface area (Å²) in [5.74, 6) is -1.72. The maximum Gasteiger partial charge on any atom is 0.264 e. The fourth-order valence-corrected chi connectivity index (χ4v) is 3.60. The summed E-state index contributed by atoms with van der Waals surface area (Å²) in [5, 5.41) is 14.8. The van der Waals surface area contributed by atoms with Crippen LogP contribution in [-0.4, -0.2) is 52.0 Å². The van der Waals surface area contributed by atoms with Gasteiger partial charge in [0.25, 0.3) is 5.56 Å². The third-order valence-corrected chi connectivity index (χ3v) is 5.44. The van der Waals surface area contributed by atoms with Gasteiger partial charge in [-0.15, -0.1) is 0 Å². The quantitative estimate of drug-likeness (QED) is 0.247. The number of carbonyl (C=O) groups excluding carboxylic acids is 1. The van der Waals surface area contributed by atoms with Crippen LogP contribution in [0.3, 0.4) is 0 Å². The van der Waals surface area contributed by atoms with Crippen molar-refractivity contribution in [3.8, 4) is 5.69 Å². The first-order chi connectivity index (χ1) is 16.1. The number of anilines is 1. The fourth-order valence-electron chi connectivity index (χ4n) is 3.60. The van der Waals surface area contributed by atoms with E-state index in [0.717, 1.165) is 16.6 Å². The minimum absolute atomic E-state index is 0.00352. The summed E-state index contributed by atoms with van der Waals surface area (Å²) in [5.41, 5.74) is 1.10. The van der Waals surface area contributed by atoms with Gasteiger partial charge >= 0.3 is 0 Å². The van der Waals surface area contributed by atoms with Gasteiger partial charge in [-0.05, 0) is 49.1 Å². The van der Waals surface area contributed by atoms with Crippen molar-refractivity contribution in [1.29, 1.82) is 0 Å². The molecule has 0 aliphatic rings. The zero-order valence-corrected chi connectivity index (χ0v) is 19.7. The molecule has 0 spiro atoms. The lowest BCUT2D eigenvalue weighted by Crippen LogP contribution is -2.34. The molecule has 180 valence electrons. The fraction of sp³-hybridized carbons (Fsp3) is 0.333. The topological polar surface area (TPSA) is 91.0 Å². The second-order valence-corrected chi connectivity index (χ2v) is 8.15. The molecule has 0 saturated heterocycles. The molecule has 2 aromatic heterocycles. The molecule has 0 fully saturated rings. The monoisotopic (exact) mass is 471 g/mol. The van der Waals surface area contributed by atoms with Crippen molar-refractivity contribution in [2.24, 2.45) is 5.10 Å². The van der Waals surface area contributed by atoms with Crippen LogP contribution in [0.5, 0.6) is 0 Å². The standard InChI is InChI=1S/C24H27F2N5O3/c1-6-30(13-33)21(12-32)28-29(5)23-19(26)10-16-22(27-23)17(14(2)3)11-31(24(16)34)20-9-15(4)7-8-18(20)25/h7-11,13-14,32H,6,12H2,1-5H3/b28-21-. The van der Waals surface area contributed by atoms with Gasteiger partial charge in [-0.2, -0.15) is 5.10 Å². The van der Waals surface area contributed by atoms with Crippen molar-refractivity contribution in [3.05, 3.63) is 63.6 Å². The molecule has 0 unspecified atom stereocenters. The molecule has 0 aliphatic heterocycles. The van der Waals surface area contributed by atoms with E-state index in [-0.39, 0.29) is 40.7 Å². The molecule has 0 atom stereocenters. The average molecular weight is 472 g/mol. The Morgan fingerprint density at radius 3 is 2.56 bits per heavy atom. The molecule has 1 aromatic carbocycles. The Hall–Kier alpha value is -3.66. The van der Waals surface area contributed by atoms with Crippen molar-refractivity contribution < 1.29 is 18.7 Å². The summed E-state index contributed by atoms with van der Waals surface area (Å²) in [6.45, 7) is 6.97. The maximum absolute atomic E-state index is 15.1. The minimum atomic E-state index is -0.834. The molecule has 34 heavy (non-hydrogen) atoms. The number of fused-ring (bicyclic) bond motifs is 1. The van der Waals surface area contributed by atoms with Crippen LogP contribution in [0.15, 0.2) is 40.4 Å². The van der Waals surface area contributed by atoms with E-state index in [1.54, 1.807) is 26.0 Å². The number of aryl methyl sites for hydroxylation is 1. The Labute approximate surface area is 195 Å². The third kappa shape index (κ3) is 4.67. The Morgan fingerprint density at radius 2 is 1.97 bits per heavy atom.